The number of ether oxygens (including phenoxy) is 1. The largest absolute Gasteiger partial charge is 0.456 e. The number of benzene rings is 1. The molecule has 1 aromatic heterocycles. The minimum Gasteiger partial charge on any atom is -0.456 e. The summed E-state index contributed by atoms with van der Waals surface area (Å²) in [6, 6.07) is 7.53. The van der Waals surface area contributed by atoms with Crippen molar-refractivity contribution in [1.29, 1.82) is 0 Å². The maximum atomic E-state index is 13.3. The molecule has 4 heterocycles. The van der Waals surface area contributed by atoms with Crippen LogP contribution in [0.15, 0.2) is 41.9 Å². The zero-order valence-electron chi connectivity index (χ0n) is 18.0. The number of cyclic esters (lactones) is 1. The smallest absolute Gasteiger partial charge is 0.336 e. The summed E-state index contributed by atoms with van der Waals surface area (Å²) in [5.41, 5.74) is 2.48. The van der Waals surface area contributed by atoms with Gasteiger partial charge in [-0.05, 0) is 67.4 Å². The standard InChI is InChI=1S/C22H26N6O4/c1-15-18(13-32-20(15)30)27-10-7-22(21(27)31)5-8-26(9-6-22)12-19(29)16-3-2-4-17(11-16)28-14-23-24-25-28/h2-4,11,14,19,29H,5-10,12-13H2,1H3. The monoisotopic (exact) mass is 438 g/mol. The molecule has 3 aliphatic heterocycles. The second-order valence-corrected chi connectivity index (χ2v) is 8.80. The van der Waals surface area contributed by atoms with Crippen LogP contribution < -0.4 is 0 Å². The van der Waals surface area contributed by atoms with E-state index in [1.165, 1.54) is 6.33 Å². The Morgan fingerprint density at radius 1 is 1.19 bits per heavy atom. The highest BCUT2D eigenvalue weighted by Crippen LogP contribution is 2.43. The lowest BCUT2D eigenvalue weighted by Gasteiger charge is -2.38. The first-order valence-corrected chi connectivity index (χ1v) is 10.9. The van der Waals surface area contributed by atoms with E-state index in [0.717, 1.165) is 49.3 Å². The Morgan fingerprint density at radius 3 is 2.66 bits per heavy atom. The highest BCUT2D eigenvalue weighted by molar-refractivity contribution is 5.94. The summed E-state index contributed by atoms with van der Waals surface area (Å²) in [6.07, 6.45) is 3.16. The van der Waals surface area contributed by atoms with Crippen molar-refractivity contribution in [3.63, 3.8) is 0 Å². The molecule has 1 N–H and O–H groups in total. The molecule has 0 aliphatic carbocycles. The van der Waals surface area contributed by atoms with Crippen LogP contribution in [0, 0.1) is 5.41 Å². The van der Waals surface area contributed by atoms with E-state index >= 15 is 0 Å². The third-order valence-electron chi connectivity index (χ3n) is 7.03. The van der Waals surface area contributed by atoms with E-state index in [1.807, 2.05) is 24.3 Å². The van der Waals surface area contributed by atoms with E-state index in [1.54, 1.807) is 16.5 Å². The summed E-state index contributed by atoms with van der Waals surface area (Å²) in [5.74, 6) is -0.221. The number of nitrogens with zero attached hydrogens (tertiary/aromatic N) is 6. The molecule has 2 aromatic rings. The van der Waals surface area contributed by atoms with Crippen molar-refractivity contribution in [2.75, 3.05) is 32.8 Å². The average Bonchev–Trinajstić information content (AvgIpc) is 3.53. The molecule has 1 spiro atoms. The number of aliphatic hydroxyl groups is 1. The van der Waals surface area contributed by atoms with Crippen LogP contribution in [-0.2, 0) is 14.3 Å². The van der Waals surface area contributed by atoms with Crippen LogP contribution >= 0.6 is 0 Å². The number of β-amino-alcohol motifs (C(OH)–C–C–N with tert-alkyl or cyclic N) is 1. The number of carbonyl (C=O) groups excluding carboxylic acids is 2. The van der Waals surface area contributed by atoms with Gasteiger partial charge in [0.05, 0.1) is 28.5 Å². The van der Waals surface area contributed by atoms with Crippen LogP contribution in [0.2, 0.25) is 0 Å². The van der Waals surface area contributed by atoms with Gasteiger partial charge in [-0.3, -0.25) is 4.79 Å². The predicted octanol–water partition coefficient (Wildman–Crippen LogP) is 0.841. The first-order valence-electron chi connectivity index (χ1n) is 10.9. The van der Waals surface area contributed by atoms with Crippen molar-refractivity contribution in [3.05, 3.63) is 47.4 Å². The number of amides is 1. The van der Waals surface area contributed by atoms with Crippen molar-refractivity contribution in [3.8, 4) is 5.69 Å². The minimum absolute atomic E-state index is 0.111. The molecule has 32 heavy (non-hydrogen) atoms. The maximum Gasteiger partial charge on any atom is 0.336 e. The lowest BCUT2D eigenvalue weighted by Crippen LogP contribution is -2.45. The number of hydrogen-bond acceptors (Lipinski definition) is 8. The molecule has 2 saturated heterocycles. The molecular formula is C22H26N6O4. The molecule has 1 atom stereocenters. The van der Waals surface area contributed by atoms with Crippen LogP contribution in [0.5, 0.6) is 0 Å². The van der Waals surface area contributed by atoms with Gasteiger partial charge >= 0.3 is 5.97 Å². The summed E-state index contributed by atoms with van der Waals surface area (Å²) < 4.78 is 6.65. The van der Waals surface area contributed by atoms with Gasteiger partial charge in [0.25, 0.3) is 0 Å². The van der Waals surface area contributed by atoms with Crippen LogP contribution in [0.25, 0.3) is 5.69 Å². The molecule has 0 saturated carbocycles. The molecule has 0 bridgehead atoms. The summed E-state index contributed by atoms with van der Waals surface area (Å²) in [6.45, 7) is 4.54. The van der Waals surface area contributed by atoms with E-state index < -0.39 is 6.10 Å². The molecule has 3 aliphatic rings. The fraction of sp³-hybridized carbons (Fsp3) is 0.500. The highest BCUT2D eigenvalue weighted by Gasteiger charge is 2.50. The Kier molecular flexibility index (Phi) is 5.26. The van der Waals surface area contributed by atoms with Gasteiger partial charge in [-0.15, -0.1) is 5.10 Å². The second-order valence-electron chi connectivity index (χ2n) is 8.80. The Bertz CT molecular complexity index is 1060. The number of hydrogen-bond donors (Lipinski definition) is 1. The van der Waals surface area contributed by atoms with Crippen LogP contribution in [0.1, 0.15) is 37.9 Å². The van der Waals surface area contributed by atoms with Gasteiger partial charge in [-0.1, -0.05) is 12.1 Å². The molecule has 168 valence electrons. The van der Waals surface area contributed by atoms with E-state index in [0.29, 0.717) is 18.7 Å². The summed E-state index contributed by atoms with van der Waals surface area (Å²) >= 11 is 0. The fourth-order valence-corrected chi connectivity index (χ4v) is 4.96. The van der Waals surface area contributed by atoms with Crippen molar-refractivity contribution in [2.45, 2.75) is 32.3 Å². The Balaban J connectivity index is 1.21. The third-order valence-corrected chi connectivity index (χ3v) is 7.03. The molecule has 10 heteroatoms. The first-order chi connectivity index (χ1) is 15.5. The second kappa shape index (κ2) is 8.10. The number of likely N-dealkylation sites (tertiary alicyclic amines) is 2. The summed E-state index contributed by atoms with van der Waals surface area (Å²) in [7, 11) is 0. The van der Waals surface area contributed by atoms with Gasteiger partial charge in [0.1, 0.15) is 12.9 Å². The van der Waals surface area contributed by atoms with Crippen LogP contribution in [0.4, 0.5) is 0 Å². The molecule has 0 radical (unpaired) electrons. The summed E-state index contributed by atoms with van der Waals surface area (Å²) in [4.78, 5) is 28.9. The molecule has 1 amide bonds. The number of carbonyl (C=O) groups is 2. The number of rotatable bonds is 5. The average molecular weight is 438 g/mol. The topological polar surface area (TPSA) is 114 Å². The van der Waals surface area contributed by atoms with Crippen LogP contribution in [0.3, 0.4) is 0 Å². The van der Waals surface area contributed by atoms with E-state index in [9.17, 15) is 14.7 Å². The van der Waals surface area contributed by atoms with Gasteiger partial charge in [-0.25, -0.2) is 9.48 Å². The van der Waals surface area contributed by atoms with Gasteiger partial charge in [0, 0.05) is 13.1 Å². The molecule has 1 unspecified atom stereocenters. The SMILES string of the molecule is CC1=C(N2CCC3(CCN(CC(O)c4cccc(-n5cnnn5)c4)CC3)C2=O)COC1=O. The Hall–Kier alpha value is -3.11. The Labute approximate surface area is 185 Å². The van der Waals surface area contributed by atoms with Gasteiger partial charge in [-0.2, -0.15) is 0 Å². The Morgan fingerprint density at radius 2 is 1.97 bits per heavy atom. The highest BCUT2D eigenvalue weighted by atomic mass is 16.5. The quantitative estimate of drug-likeness (QED) is 0.684. The molecule has 5 rings (SSSR count). The molecular weight excluding hydrogens is 412 g/mol. The third kappa shape index (κ3) is 3.59. The zero-order valence-corrected chi connectivity index (χ0v) is 18.0. The van der Waals surface area contributed by atoms with Crippen molar-refractivity contribution in [2.24, 2.45) is 5.41 Å². The van der Waals surface area contributed by atoms with Crippen molar-refractivity contribution < 1.29 is 19.4 Å². The number of esters is 1. The normalized spacial score (nSPS) is 22.1. The van der Waals surface area contributed by atoms with E-state index in [2.05, 4.69) is 20.4 Å². The lowest BCUT2D eigenvalue weighted by molar-refractivity contribution is -0.138. The van der Waals surface area contributed by atoms with Gasteiger partial charge in [0.15, 0.2) is 0 Å². The summed E-state index contributed by atoms with van der Waals surface area (Å²) in [5, 5.41) is 22.0. The number of aromatic nitrogens is 4. The molecule has 1 aromatic carbocycles. The lowest BCUT2D eigenvalue weighted by atomic mass is 9.77. The maximum absolute atomic E-state index is 13.3. The van der Waals surface area contributed by atoms with Crippen molar-refractivity contribution in [1.82, 2.24) is 30.0 Å². The number of tetrazole rings is 1. The van der Waals surface area contributed by atoms with E-state index in [4.69, 9.17) is 4.74 Å². The van der Waals surface area contributed by atoms with Gasteiger partial charge in [0.2, 0.25) is 5.91 Å². The fourth-order valence-electron chi connectivity index (χ4n) is 4.96. The number of aliphatic hydroxyl groups excluding tert-OH is 1. The van der Waals surface area contributed by atoms with Crippen molar-refractivity contribution >= 4 is 11.9 Å². The first kappa shape index (κ1) is 20.8. The minimum atomic E-state index is -0.647. The van der Waals surface area contributed by atoms with E-state index in [-0.39, 0.29) is 23.9 Å². The molecule has 10 nitrogen and oxygen atoms in total. The predicted molar refractivity (Wildman–Crippen MR) is 112 cm³/mol. The number of piperidine rings is 1. The van der Waals surface area contributed by atoms with Crippen LogP contribution in [-0.4, -0.2) is 79.8 Å². The zero-order chi connectivity index (χ0) is 22.3. The van der Waals surface area contributed by atoms with Gasteiger partial charge < -0.3 is 19.6 Å². The molecule has 2 fully saturated rings.